The van der Waals surface area contributed by atoms with E-state index in [-0.39, 0.29) is 0 Å². The van der Waals surface area contributed by atoms with Crippen molar-refractivity contribution >= 4 is 0 Å². The molecule has 1 aliphatic rings. The van der Waals surface area contributed by atoms with Gasteiger partial charge in [0.05, 0.1) is 0 Å². The SMILES string of the molecule is CCCC(C)C1CC(C)CCC1C. The highest BCUT2D eigenvalue weighted by Gasteiger charge is 2.28. The predicted octanol–water partition coefficient (Wildman–Crippen LogP) is 4.49. The molecule has 4 unspecified atom stereocenters. The van der Waals surface area contributed by atoms with Crippen molar-refractivity contribution < 1.29 is 0 Å². The highest BCUT2D eigenvalue weighted by molar-refractivity contribution is 4.79. The maximum absolute atomic E-state index is 2.46. The van der Waals surface area contributed by atoms with Gasteiger partial charge in [0.15, 0.2) is 0 Å². The van der Waals surface area contributed by atoms with Crippen LogP contribution in [0.1, 0.15) is 59.8 Å². The summed E-state index contributed by atoms with van der Waals surface area (Å²) in [7, 11) is 0. The Kier molecular flexibility index (Phi) is 4.28. The van der Waals surface area contributed by atoms with Gasteiger partial charge >= 0.3 is 0 Å². The van der Waals surface area contributed by atoms with Gasteiger partial charge in [0.1, 0.15) is 0 Å². The lowest BCUT2D eigenvalue weighted by molar-refractivity contribution is 0.141. The molecule has 0 amide bonds. The van der Waals surface area contributed by atoms with Crippen molar-refractivity contribution in [2.75, 3.05) is 0 Å². The summed E-state index contributed by atoms with van der Waals surface area (Å²) in [5.41, 5.74) is 0. The molecule has 0 spiro atoms. The third kappa shape index (κ3) is 3.00. The van der Waals surface area contributed by atoms with Crippen LogP contribution in [-0.2, 0) is 0 Å². The van der Waals surface area contributed by atoms with Crippen LogP contribution < -0.4 is 0 Å². The van der Waals surface area contributed by atoms with E-state index >= 15 is 0 Å². The first kappa shape index (κ1) is 11.1. The summed E-state index contributed by atoms with van der Waals surface area (Å²) < 4.78 is 0. The second kappa shape index (κ2) is 5.02. The normalized spacial score (nSPS) is 37.4. The van der Waals surface area contributed by atoms with Crippen LogP contribution in [0.4, 0.5) is 0 Å². The van der Waals surface area contributed by atoms with Gasteiger partial charge in [0, 0.05) is 0 Å². The minimum atomic E-state index is 0.961. The van der Waals surface area contributed by atoms with Crippen molar-refractivity contribution in [3.63, 3.8) is 0 Å². The van der Waals surface area contributed by atoms with Gasteiger partial charge in [-0.05, 0) is 30.1 Å². The fourth-order valence-electron chi connectivity index (χ4n) is 3.04. The molecule has 0 bridgehead atoms. The van der Waals surface area contributed by atoms with Crippen molar-refractivity contribution in [2.24, 2.45) is 23.7 Å². The van der Waals surface area contributed by atoms with E-state index in [4.69, 9.17) is 0 Å². The molecule has 1 saturated carbocycles. The first-order valence-corrected chi connectivity index (χ1v) is 6.15. The van der Waals surface area contributed by atoms with Crippen LogP contribution in [0.2, 0.25) is 0 Å². The molecule has 0 aromatic heterocycles. The Hall–Kier alpha value is 0. The Morgan fingerprint density at radius 1 is 1.23 bits per heavy atom. The molecule has 0 nitrogen and oxygen atoms in total. The van der Waals surface area contributed by atoms with Gasteiger partial charge in [-0.15, -0.1) is 0 Å². The first-order chi connectivity index (χ1) is 6.15. The van der Waals surface area contributed by atoms with Crippen LogP contribution in [-0.4, -0.2) is 0 Å². The summed E-state index contributed by atoms with van der Waals surface area (Å²) in [5.74, 6) is 3.95. The fraction of sp³-hybridized carbons (Fsp3) is 1.00. The molecule has 0 heterocycles. The maximum atomic E-state index is 2.46. The molecule has 0 aliphatic heterocycles. The molecule has 0 aromatic carbocycles. The van der Waals surface area contributed by atoms with Gasteiger partial charge < -0.3 is 0 Å². The van der Waals surface area contributed by atoms with Crippen LogP contribution in [0.3, 0.4) is 0 Å². The van der Waals surface area contributed by atoms with Crippen LogP contribution in [0, 0.1) is 23.7 Å². The van der Waals surface area contributed by atoms with Crippen molar-refractivity contribution in [1.29, 1.82) is 0 Å². The predicted molar refractivity (Wildman–Crippen MR) is 59.7 cm³/mol. The molecular formula is C13H26. The van der Waals surface area contributed by atoms with Crippen molar-refractivity contribution in [3.05, 3.63) is 0 Å². The van der Waals surface area contributed by atoms with E-state index in [1.165, 1.54) is 32.1 Å². The van der Waals surface area contributed by atoms with Crippen molar-refractivity contribution in [2.45, 2.75) is 59.8 Å². The van der Waals surface area contributed by atoms with Gasteiger partial charge in [-0.1, -0.05) is 53.4 Å². The van der Waals surface area contributed by atoms with Gasteiger partial charge in [0.25, 0.3) is 0 Å². The number of rotatable bonds is 3. The minimum Gasteiger partial charge on any atom is -0.0654 e. The molecule has 0 heteroatoms. The summed E-state index contributed by atoms with van der Waals surface area (Å²) in [4.78, 5) is 0. The molecule has 1 aliphatic carbocycles. The molecule has 13 heavy (non-hydrogen) atoms. The van der Waals surface area contributed by atoms with Gasteiger partial charge in [-0.25, -0.2) is 0 Å². The third-order valence-electron chi connectivity index (χ3n) is 4.00. The summed E-state index contributed by atoms with van der Waals surface area (Å²) in [6, 6.07) is 0. The average Bonchev–Trinajstić information content (AvgIpc) is 2.09. The summed E-state index contributed by atoms with van der Waals surface area (Å²) in [5, 5.41) is 0. The Bertz CT molecular complexity index is 139. The topological polar surface area (TPSA) is 0 Å². The molecule has 0 saturated heterocycles. The monoisotopic (exact) mass is 182 g/mol. The zero-order chi connectivity index (χ0) is 9.84. The van der Waals surface area contributed by atoms with E-state index in [9.17, 15) is 0 Å². The molecule has 78 valence electrons. The first-order valence-electron chi connectivity index (χ1n) is 6.15. The largest absolute Gasteiger partial charge is 0.0654 e. The van der Waals surface area contributed by atoms with E-state index in [0.29, 0.717) is 0 Å². The van der Waals surface area contributed by atoms with Gasteiger partial charge in [-0.3, -0.25) is 0 Å². The second-order valence-corrected chi connectivity index (χ2v) is 5.33. The zero-order valence-corrected chi connectivity index (χ0v) is 9.84. The molecule has 0 radical (unpaired) electrons. The molecule has 0 N–H and O–H groups in total. The summed E-state index contributed by atoms with van der Waals surface area (Å²) in [6.07, 6.45) is 7.22. The van der Waals surface area contributed by atoms with E-state index in [0.717, 1.165) is 23.7 Å². The Morgan fingerprint density at radius 2 is 1.92 bits per heavy atom. The van der Waals surface area contributed by atoms with Gasteiger partial charge in [0.2, 0.25) is 0 Å². The van der Waals surface area contributed by atoms with Crippen molar-refractivity contribution in [1.82, 2.24) is 0 Å². The molecule has 0 aromatic rings. The maximum Gasteiger partial charge on any atom is -0.0360 e. The molecule has 1 rings (SSSR count). The van der Waals surface area contributed by atoms with Crippen LogP contribution in [0.25, 0.3) is 0 Å². The Morgan fingerprint density at radius 3 is 2.54 bits per heavy atom. The lowest BCUT2D eigenvalue weighted by atomic mass is 9.69. The lowest BCUT2D eigenvalue weighted by Gasteiger charge is -2.36. The minimum absolute atomic E-state index is 0.961. The summed E-state index contributed by atoms with van der Waals surface area (Å²) in [6.45, 7) is 9.66. The Balaban J connectivity index is 2.44. The third-order valence-corrected chi connectivity index (χ3v) is 4.00. The zero-order valence-electron chi connectivity index (χ0n) is 9.84. The standard InChI is InChI=1S/C13H26/c1-5-6-11(3)13-9-10(2)7-8-12(13)4/h10-13H,5-9H2,1-4H3. The van der Waals surface area contributed by atoms with Gasteiger partial charge in [-0.2, -0.15) is 0 Å². The van der Waals surface area contributed by atoms with E-state index in [1.807, 2.05) is 0 Å². The average molecular weight is 182 g/mol. The highest BCUT2D eigenvalue weighted by atomic mass is 14.3. The van der Waals surface area contributed by atoms with Crippen LogP contribution >= 0.6 is 0 Å². The quantitative estimate of drug-likeness (QED) is 0.603. The highest BCUT2D eigenvalue weighted by Crippen LogP contribution is 2.39. The number of hydrogen-bond acceptors (Lipinski definition) is 0. The number of hydrogen-bond donors (Lipinski definition) is 0. The second-order valence-electron chi connectivity index (χ2n) is 5.33. The van der Waals surface area contributed by atoms with E-state index in [2.05, 4.69) is 27.7 Å². The molecule has 4 atom stereocenters. The smallest absolute Gasteiger partial charge is 0.0360 e. The van der Waals surface area contributed by atoms with Crippen LogP contribution in [0.5, 0.6) is 0 Å². The molecular weight excluding hydrogens is 156 g/mol. The summed E-state index contributed by atoms with van der Waals surface area (Å²) >= 11 is 0. The lowest BCUT2D eigenvalue weighted by Crippen LogP contribution is -2.27. The Labute approximate surface area is 84.1 Å². The molecule has 1 fully saturated rings. The van der Waals surface area contributed by atoms with E-state index in [1.54, 1.807) is 0 Å². The van der Waals surface area contributed by atoms with Crippen molar-refractivity contribution in [3.8, 4) is 0 Å². The fourth-order valence-corrected chi connectivity index (χ4v) is 3.04. The van der Waals surface area contributed by atoms with Crippen LogP contribution in [0.15, 0.2) is 0 Å². The van der Waals surface area contributed by atoms with E-state index < -0.39 is 0 Å².